The standard InChI is InChI=1S/C35H39F3N8O2/c1-23-6-7-26(34(47)43-28-16-27(35(36,37)38)17-31(18-28)44-12-10-39-24(2)21-44)15-25(23)8-9-30-20-40-33-32(5-4-11-46(30)33)42-29-19-41-45(22-29)13-14-48-3/h4-7,10-11,15-19,24,29-30,34,42-43,47H,12-14,20-22H2,1-3H3/t24?,29?,30-,34?/m1/s1. The number of ether oxygens (including phenoxy) is 1. The molecular weight excluding hydrogens is 621 g/mol. The third-order valence-electron chi connectivity index (χ3n) is 8.47. The first-order chi connectivity index (χ1) is 23.1. The molecule has 0 aliphatic carbocycles. The van der Waals surface area contributed by atoms with E-state index in [1.807, 2.05) is 59.3 Å². The third-order valence-corrected chi connectivity index (χ3v) is 8.47. The van der Waals surface area contributed by atoms with Gasteiger partial charge in [0.25, 0.3) is 0 Å². The number of anilines is 2. The van der Waals surface area contributed by atoms with Crippen LogP contribution in [0.2, 0.25) is 0 Å². The van der Waals surface area contributed by atoms with Crippen molar-refractivity contribution < 1.29 is 23.0 Å². The van der Waals surface area contributed by atoms with Gasteiger partial charge >= 0.3 is 6.18 Å². The van der Waals surface area contributed by atoms with E-state index in [4.69, 9.17) is 9.73 Å². The zero-order valence-electron chi connectivity index (χ0n) is 27.1. The number of halogens is 3. The highest BCUT2D eigenvalue weighted by molar-refractivity contribution is 6.01. The van der Waals surface area contributed by atoms with Crippen LogP contribution in [0.25, 0.3) is 0 Å². The summed E-state index contributed by atoms with van der Waals surface area (Å²) in [6, 6.07) is 8.95. The van der Waals surface area contributed by atoms with Gasteiger partial charge in [-0.05, 0) is 55.8 Å². The number of rotatable bonds is 9. The van der Waals surface area contributed by atoms with Crippen LogP contribution in [0.4, 0.5) is 24.5 Å². The number of fused-ring (bicyclic) bond motifs is 1. The monoisotopic (exact) mass is 660 g/mol. The normalized spacial score (nSPS) is 22.2. The second-order valence-corrected chi connectivity index (χ2v) is 12.2. The van der Waals surface area contributed by atoms with Crippen molar-refractivity contribution in [2.75, 3.05) is 56.7 Å². The number of aliphatic imine (C=N–C) groups is 2. The Morgan fingerprint density at radius 2 is 2.02 bits per heavy atom. The number of alkyl halides is 3. The fourth-order valence-corrected chi connectivity index (χ4v) is 5.91. The molecule has 0 radical (unpaired) electrons. The fourth-order valence-electron chi connectivity index (χ4n) is 5.91. The number of aliphatic hydroxyl groups excluding tert-OH is 1. The number of hydrogen-bond acceptors (Lipinski definition) is 10. The predicted molar refractivity (Wildman–Crippen MR) is 182 cm³/mol. The second-order valence-electron chi connectivity index (χ2n) is 12.2. The van der Waals surface area contributed by atoms with Crippen molar-refractivity contribution >= 4 is 29.6 Å². The number of methoxy groups -OCH3 is 1. The summed E-state index contributed by atoms with van der Waals surface area (Å²) in [5.41, 5.74) is 2.78. The van der Waals surface area contributed by atoms with E-state index >= 15 is 0 Å². The Hall–Kier alpha value is -4.80. The minimum absolute atomic E-state index is 0.0318. The van der Waals surface area contributed by atoms with Crippen LogP contribution in [0.1, 0.15) is 35.4 Å². The molecule has 0 amide bonds. The molecule has 0 aromatic heterocycles. The summed E-state index contributed by atoms with van der Waals surface area (Å²) in [4.78, 5) is 13.0. The van der Waals surface area contributed by atoms with Crippen LogP contribution in [0, 0.1) is 18.8 Å². The molecule has 48 heavy (non-hydrogen) atoms. The molecule has 3 unspecified atom stereocenters. The van der Waals surface area contributed by atoms with Crippen molar-refractivity contribution in [1.29, 1.82) is 0 Å². The molecular formula is C35H39F3N8O2. The van der Waals surface area contributed by atoms with E-state index in [9.17, 15) is 18.3 Å². The van der Waals surface area contributed by atoms with E-state index < -0.39 is 18.0 Å². The molecule has 4 aliphatic heterocycles. The molecule has 13 heteroatoms. The van der Waals surface area contributed by atoms with Crippen molar-refractivity contribution in [3.63, 3.8) is 0 Å². The molecule has 4 atom stereocenters. The van der Waals surface area contributed by atoms with Gasteiger partial charge in [0.05, 0.1) is 56.1 Å². The van der Waals surface area contributed by atoms with Crippen molar-refractivity contribution in [2.45, 2.75) is 44.4 Å². The Labute approximate surface area is 278 Å². The van der Waals surface area contributed by atoms with Gasteiger partial charge in [-0.2, -0.15) is 18.3 Å². The van der Waals surface area contributed by atoms with Gasteiger partial charge in [0.2, 0.25) is 0 Å². The van der Waals surface area contributed by atoms with Gasteiger partial charge in [-0.25, -0.2) is 0 Å². The van der Waals surface area contributed by atoms with Crippen molar-refractivity contribution in [2.24, 2.45) is 15.1 Å². The van der Waals surface area contributed by atoms with E-state index in [1.165, 1.54) is 0 Å². The lowest BCUT2D eigenvalue weighted by atomic mass is 10.0. The van der Waals surface area contributed by atoms with E-state index in [0.29, 0.717) is 43.1 Å². The summed E-state index contributed by atoms with van der Waals surface area (Å²) in [7, 11) is 1.67. The lowest BCUT2D eigenvalue weighted by Gasteiger charge is -2.30. The minimum Gasteiger partial charge on any atom is -0.383 e. The van der Waals surface area contributed by atoms with Gasteiger partial charge in [-0.1, -0.05) is 24.0 Å². The van der Waals surface area contributed by atoms with Crippen LogP contribution in [0.5, 0.6) is 0 Å². The Balaban J connectivity index is 1.13. The van der Waals surface area contributed by atoms with Gasteiger partial charge in [0.1, 0.15) is 6.04 Å². The average molecular weight is 661 g/mol. The van der Waals surface area contributed by atoms with Gasteiger partial charge in [-0.3, -0.25) is 15.0 Å². The highest BCUT2D eigenvalue weighted by Gasteiger charge is 2.33. The molecule has 4 aliphatic rings. The minimum atomic E-state index is -4.55. The molecule has 0 saturated heterocycles. The molecule has 2 aromatic rings. The summed E-state index contributed by atoms with van der Waals surface area (Å²) in [6.45, 7) is 7.31. The summed E-state index contributed by atoms with van der Waals surface area (Å²) >= 11 is 0. The molecule has 0 spiro atoms. The quantitative estimate of drug-likeness (QED) is 0.275. The van der Waals surface area contributed by atoms with Crippen LogP contribution in [0.3, 0.4) is 0 Å². The number of allylic oxidation sites excluding steroid dienone is 2. The average Bonchev–Trinajstić information content (AvgIpc) is 3.70. The Morgan fingerprint density at radius 1 is 1.17 bits per heavy atom. The van der Waals surface area contributed by atoms with Gasteiger partial charge in [0, 0.05) is 54.8 Å². The maximum Gasteiger partial charge on any atom is 0.416 e. The highest BCUT2D eigenvalue weighted by Crippen LogP contribution is 2.36. The van der Waals surface area contributed by atoms with Crippen LogP contribution >= 0.6 is 0 Å². The van der Waals surface area contributed by atoms with Gasteiger partial charge < -0.3 is 30.3 Å². The number of nitrogens with zero attached hydrogens (tertiary/aromatic N) is 6. The molecule has 0 fully saturated rings. The smallest absolute Gasteiger partial charge is 0.383 e. The van der Waals surface area contributed by atoms with E-state index in [-0.39, 0.29) is 23.8 Å². The third kappa shape index (κ3) is 7.67. The fraction of sp³-hybridized carbons (Fsp3) is 0.400. The topological polar surface area (TPSA) is 100 Å². The first-order valence-electron chi connectivity index (χ1n) is 15.9. The molecule has 10 nitrogen and oxygen atoms in total. The number of nitrogens with one attached hydrogen (secondary N) is 2. The number of amidine groups is 1. The second kappa shape index (κ2) is 14.1. The largest absolute Gasteiger partial charge is 0.416 e. The molecule has 3 N–H and O–H groups in total. The Morgan fingerprint density at radius 3 is 2.81 bits per heavy atom. The first kappa shape index (κ1) is 33.1. The van der Waals surface area contributed by atoms with E-state index in [0.717, 1.165) is 42.3 Å². The molecule has 6 rings (SSSR count). The number of aryl methyl sites for hydroxylation is 1. The van der Waals surface area contributed by atoms with Crippen LogP contribution < -0.4 is 15.5 Å². The maximum atomic E-state index is 13.8. The van der Waals surface area contributed by atoms with Gasteiger partial charge in [-0.15, -0.1) is 0 Å². The molecule has 0 saturated carbocycles. The van der Waals surface area contributed by atoms with Crippen LogP contribution in [-0.2, 0) is 10.9 Å². The molecule has 2 aromatic carbocycles. The molecule has 0 bridgehead atoms. The Bertz CT molecular complexity index is 1720. The molecule has 252 valence electrons. The van der Waals surface area contributed by atoms with Crippen LogP contribution in [0.15, 0.2) is 75.5 Å². The zero-order chi connectivity index (χ0) is 33.8. The number of aliphatic hydroxyl groups is 1. The lowest BCUT2D eigenvalue weighted by molar-refractivity contribution is -0.137. The van der Waals surface area contributed by atoms with Crippen molar-refractivity contribution in [1.82, 2.24) is 15.2 Å². The van der Waals surface area contributed by atoms with E-state index in [2.05, 4.69) is 32.6 Å². The van der Waals surface area contributed by atoms with Crippen molar-refractivity contribution in [3.05, 3.63) is 82.7 Å². The predicted octanol–water partition coefficient (Wildman–Crippen LogP) is 4.15. The number of hydrogen-bond donors (Lipinski definition) is 3. The maximum absolute atomic E-state index is 13.8. The van der Waals surface area contributed by atoms with E-state index in [1.54, 1.807) is 31.5 Å². The summed E-state index contributed by atoms with van der Waals surface area (Å²) in [5, 5.41) is 23.9. The number of hydrazone groups is 1. The summed E-state index contributed by atoms with van der Waals surface area (Å²) in [6.07, 6.45) is 3.70. The summed E-state index contributed by atoms with van der Waals surface area (Å²) in [5.74, 6) is 7.41. The Kier molecular flexibility index (Phi) is 9.75. The highest BCUT2D eigenvalue weighted by atomic mass is 19.4. The number of benzene rings is 2. The molecule has 4 heterocycles. The van der Waals surface area contributed by atoms with Crippen LogP contribution in [-0.4, -0.2) is 97.8 Å². The first-order valence-corrected chi connectivity index (χ1v) is 15.9. The lowest BCUT2D eigenvalue weighted by Crippen LogP contribution is -2.42. The SMILES string of the molecule is COCCN1CC(NC2=CC=CN3C2=NC[C@H]3C#Cc2cc(C(O)Nc3cc(N4CC=NC(C)C4)cc(C(F)(F)F)c3)ccc2C)C=N1. The zero-order valence-corrected chi connectivity index (χ0v) is 27.1. The summed E-state index contributed by atoms with van der Waals surface area (Å²) < 4.78 is 46.7. The van der Waals surface area contributed by atoms with Crippen molar-refractivity contribution in [3.8, 4) is 11.8 Å². The van der Waals surface area contributed by atoms with Gasteiger partial charge in [0.15, 0.2) is 12.1 Å².